The number of rotatable bonds is 6. The lowest BCUT2D eigenvalue weighted by molar-refractivity contribution is -0.148. The van der Waals surface area contributed by atoms with Crippen molar-refractivity contribution >= 4 is 11.9 Å². The summed E-state index contributed by atoms with van der Waals surface area (Å²) < 4.78 is 11.2. The minimum absolute atomic E-state index is 0.000213. The van der Waals surface area contributed by atoms with Crippen LogP contribution >= 0.6 is 0 Å². The van der Waals surface area contributed by atoms with Crippen molar-refractivity contribution in [3.63, 3.8) is 0 Å². The second-order valence-corrected chi connectivity index (χ2v) is 11.0. The van der Waals surface area contributed by atoms with Gasteiger partial charge in [0.05, 0.1) is 6.61 Å². The van der Waals surface area contributed by atoms with Crippen LogP contribution in [-0.4, -0.2) is 31.2 Å². The first kappa shape index (κ1) is 24.6. The summed E-state index contributed by atoms with van der Waals surface area (Å²) in [5.74, 6) is 1.15. The monoisotopic (exact) mass is 445 g/mol. The Morgan fingerprint density at radius 1 is 1.16 bits per heavy atom. The van der Waals surface area contributed by atoms with Gasteiger partial charge in [-0.3, -0.25) is 9.59 Å². The van der Waals surface area contributed by atoms with E-state index < -0.39 is 0 Å². The van der Waals surface area contributed by atoms with E-state index in [0.717, 1.165) is 44.1 Å². The molecule has 0 aromatic rings. The zero-order valence-electron chi connectivity index (χ0n) is 20.3. The average Bonchev–Trinajstić information content (AvgIpc) is 2.97. The van der Waals surface area contributed by atoms with Crippen molar-refractivity contribution in [2.24, 2.45) is 45.5 Å². The van der Waals surface area contributed by atoms with Crippen molar-refractivity contribution in [2.75, 3.05) is 13.2 Å². The molecule has 0 spiro atoms. The molecule has 3 aliphatic carbocycles. The minimum Gasteiger partial charge on any atom is -0.466 e. The normalized spacial score (nSPS) is 41.3. The van der Waals surface area contributed by atoms with Crippen molar-refractivity contribution in [1.29, 1.82) is 0 Å². The van der Waals surface area contributed by atoms with Crippen LogP contribution in [0.5, 0.6) is 0 Å². The highest BCUT2D eigenvalue weighted by atomic mass is 16.5. The number of hydrogen-bond donors (Lipinski definition) is 0. The van der Waals surface area contributed by atoms with Crippen molar-refractivity contribution in [3.8, 4) is 0 Å². The summed E-state index contributed by atoms with van der Waals surface area (Å²) in [7, 11) is 0. The largest absolute Gasteiger partial charge is 0.466 e. The third kappa shape index (κ3) is 4.54. The van der Waals surface area contributed by atoms with Crippen LogP contribution in [0.4, 0.5) is 0 Å². The van der Waals surface area contributed by atoms with Gasteiger partial charge in [-0.15, -0.1) is 0 Å². The highest BCUT2D eigenvalue weighted by Gasteiger charge is 2.59. The van der Waals surface area contributed by atoms with Gasteiger partial charge in [0.2, 0.25) is 0 Å². The molecular formula is C25H39N3O4. The molecule has 0 radical (unpaired) electrons. The Kier molecular flexibility index (Phi) is 7.28. The molecule has 3 fully saturated rings. The lowest BCUT2D eigenvalue weighted by atomic mass is 9.49. The van der Waals surface area contributed by atoms with Crippen LogP contribution in [0.3, 0.4) is 0 Å². The number of nitrogens with zero attached hydrogens (tertiary/aromatic N) is 3. The number of ether oxygens (including phenoxy) is 2. The third-order valence-electron chi connectivity index (χ3n) is 9.21. The SMILES string of the molecule is C=C1[C@@H](OC(C)=O)C[C@H]2[C@H](CN=[N+]=[N-])[C@@H]([C@@]3(C)CC[C@H](C)C[C@@H]3COC(C)=O)CC[C@]12C. The number of carbonyl (C=O) groups excluding carboxylic acids is 2. The number of esters is 2. The summed E-state index contributed by atoms with van der Waals surface area (Å²) in [6, 6.07) is 0. The molecule has 0 saturated heterocycles. The lowest BCUT2D eigenvalue weighted by Gasteiger charge is -2.56. The number of fused-ring (bicyclic) bond motifs is 1. The van der Waals surface area contributed by atoms with Crippen LogP contribution in [0.1, 0.15) is 73.1 Å². The van der Waals surface area contributed by atoms with Gasteiger partial charge in [-0.2, -0.15) is 0 Å². The van der Waals surface area contributed by atoms with Gasteiger partial charge in [-0.25, -0.2) is 0 Å². The highest BCUT2D eigenvalue weighted by Crippen LogP contribution is 2.64. The van der Waals surface area contributed by atoms with E-state index in [4.69, 9.17) is 15.0 Å². The van der Waals surface area contributed by atoms with Gasteiger partial charge >= 0.3 is 11.9 Å². The second kappa shape index (κ2) is 9.46. The first-order chi connectivity index (χ1) is 15.0. The maximum Gasteiger partial charge on any atom is 0.303 e. The molecule has 8 atom stereocenters. The lowest BCUT2D eigenvalue weighted by Crippen LogP contribution is -2.51. The molecule has 3 aliphatic rings. The minimum atomic E-state index is -0.281. The molecule has 178 valence electrons. The molecule has 0 aromatic carbocycles. The topological polar surface area (TPSA) is 101 Å². The Morgan fingerprint density at radius 3 is 2.50 bits per heavy atom. The molecule has 0 aliphatic heterocycles. The molecule has 0 aromatic heterocycles. The fourth-order valence-electron chi connectivity index (χ4n) is 7.30. The van der Waals surface area contributed by atoms with Gasteiger partial charge in [0.25, 0.3) is 0 Å². The van der Waals surface area contributed by atoms with Crippen LogP contribution in [0, 0.1) is 40.4 Å². The number of azide groups is 1. The van der Waals surface area contributed by atoms with Crippen LogP contribution in [0.15, 0.2) is 17.3 Å². The maximum absolute atomic E-state index is 11.7. The van der Waals surface area contributed by atoms with Gasteiger partial charge in [0.15, 0.2) is 0 Å². The Bertz CT molecular complexity index is 807. The van der Waals surface area contributed by atoms with E-state index in [9.17, 15) is 9.59 Å². The summed E-state index contributed by atoms with van der Waals surface area (Å²) >= 11 is 0. The molecule has 3 rings (SSSR count). The van der Waals surface area contributed by atoms with E-state index in [0.29, 0.717) is 25.0 Å². The molecule has 0 amide bonds. The maximum atomic E-state index is 11.7. The first-order valence-electron chi connectivity index (χ1n) is 12.0. The van der Waals surface area contributed by atoms with E-state index in [-0.39, 0.29) is 46.6 Å². The Morgan fingerprint density at radius 2 is 1.88 bits per heavy atom. The molecule has 0 N–H and O–H groups in total. The highest BCUT2D eigenvalue weighted by molar-refractivity contribution is 5.66. The first-order valence-corrected chi connectivity index (χ1v) is 12.0. The number of carbonyl (C=O) groups is 2. The van der Waals surface area contributed by atoms with Crippen LogP contribution < -0.4 is 0 Å². The molecule has 0 heterocycles. The van der Waals surface area contributed by atoms with E-state index >= 15 is 0 Å². The number of hydrogen-bond acceptors (Lipinski definition) is 5. The van der Waals surface area contributed by atoms with E-state index in [1.165, 1.54) is 13.8 Å². The summed E-state index contributed by atoms with van der Waals surface area (Å²) in [5.41, 5.74) is 10.0. The second-order valence-electron chi connectivity index (χ2n) is 11.0. The fraction of sp³-hybridized carbons (Fsp3) is 0.840. The standard InChI is InChI=1S/C25H39N3O4/c1-15-7-9-25(6,19(11-15)14-31-17(3)29)21-8-10-24(5)16(2)23(32-18(4)30)12-22(24)20(21)13-27-28-26/h15,19-23H,2,7-14H2,1,3-6H3/t15-,19+,20+,21-,22-,23-,24+,25-/m0/s1. The Balaban J connectivity index is 1.94. The van der Waals surface area contributed by atoms with Gasteiger partial charge in [0.1, 0.15) is 6.10 Å². The molecule has 3 saturated carbocycles. The van der Waals surface area contributed by atoms with Gasteiger partial charge < -0.3 is 9.47 Å². The third-order valence-corrected chi connectivity index (χ3v) is 9.21. The molecule has 32 heavy (non-hydrogen) atoms. The molecule has 0 bridgehead atoms. The van der Waals surface area contributed by atoms with E-state index in [1.807, 2.05) is 0 Å². The van der Waals surface area contributed by atoms with Gasteiger partial charge in [-0.1, -0.05) is 38.9 Å². The summed E-state index contributed by atoms with van der Waals surface area (Å²) in [4.78, 5) is 26.4. The van der Waals surface area contributed by atoms with Crippen molar-refractivity contribution < 1.29 is 19.1 Å². The summed E-state index contributed by atoms with van der Waals surface area (Å²) in [6.45, 7) is 15.0. The van der Waals surface area contributed by atoms with Crippen molar-refractivity contribution in [3.05, 3.63) is 22.6 Å². The van der Waals surface area contributed by atoms with Crippen LogP contribution in [0.25, 0.3) is 10.4 Å². The smallest absolute Gasteiger partial charge is 0.303 e. The summed E-state index contributed by atoms with van der Waals surface area (Å²) in [5, 5.41) is 4.05. The zero-order valence-corrected chi connectivity index (χ0v) is 20.3. The summed E-state index contributed by atoms with van der Waals surface area (Å²) in [6.07, 6.45) is 5.73. The fourth-order valence-corrected chi connectivity index (χ4v) is 7.30. The van der Waals surface area contributed by atoms with E-state index in [1.54, 1.807) is 0 Å². The Hall–Kier alpha value is -2.01. The van der Waals surface area contributed by atoms with Gasteiger partial charge in [0, 0.05) is 25.3 Å². The van der Waals surface area contributed by atoms with Crippen LogP contribution in [-0.2, 0) is 19.1 Å². The molecular weight excluding hydrogens is 406 g/mol. The van der Waals surface area contributed by atoms with Crippen molar-refractivity contribution in [1.82, 2.24) is 0 Å². The van der Waals surface area contributed by atoms with Crippen LogP contribution in [0.2, 0.25) is 0 Å². The predicted molar refractivity (Wildman–Crippen MR) is 122 cm³/mol. The zero-order chi connectivity index (χ0) is 23.7. The Labute approximate surface area is 191 Å². The average molecular weight is 446 g/mol. The predicted octanol–water partition coefficient (Wildman–Crippen LogP) is 5.84. The quantitative estimate of drug-likeness (QED) is 0.168. The molecule has 0 unspecified atom stereocenters. The molecule has 7 heteroatoms. The molecule has 7 nitrogen and oxygen atoms in total. The van der Waals surface area contributed by atoms with Gasteiger partial charge in [-0.05, 0) is 83.6 Å². The van der Waals surface area contributed by atoms with E-state index in [2.05, 4.69) is 37.4 Å². The van der Waals surface area contributed by atoms with Crippen molar-refractivity contribution in [2.45, 2.75) is 79.2 Å².